The lowest BCUT2D eigenvalue weighted by Crippen LogP contribution is -2.60. The van der Waals surface area contributed by atoms with Crippen molar-refractivity contribution in [1.29, 1.82) is 0 Å². The summed E-state index contributed by atoms with van der Waals surface area (Å²) in [6, 6.07) is 1.05. The molecule has 0 aromatic carbocycles. The van der Waals surface area contributed by atoms with E-state index >= 15 is 0 Å². The maximum Gasteiger partial charge on any atom is 0.222 e. The molecule has 0 radical (unpaired) electrons. The van der Waals surface area contributed by atoms with Gasteiger partial charge in [-0.1, -0.05) is 13.3 Å². The summed E-state index contributed by atoms with van der Waals surface area (Å²) in [6.07, 6.45) is 5.65. The predicted molar refractivity (Wildman–Crippen MR) is 65.3 cm³/mol. The summed E-state index contributed by atoms with van der Waals surface area (Å²) in [6.45, 7) is 7.57. The van der Waals surface area contributed by atoms with Gasteiger partial charge in [-0.15, -0.1) is 0 Å². The third-order valence-corrected chi connectivity index (χ3v) is 3.97. The highest BCUT2D eigenvalue weighted by atomic mass is 16.2. The van der Waals surface area contributed by atoms with Crippen LogP contribution in [0.15, 0.2) is 0 Å². The maximum atomic E-state index is 12.0. The predicted octanol–water partition coefficient (Wildman–Crippen LogP) is 1.87. The molecule has 0 aromatic heterocycles. The lowest BCUT2D eigenvalue weighted by atomic mass is 9.97. The summed E-state index contributed by atoms with van der Waals surface area (Å²) >= 11 is 0. The first kappa shape index (κ1) is 11.9. The molecule has 0 N–H and O–H groups in total. The van der Waals surface area contributed by atoms with Crippen molar-refractivity contribution < 1.29 is 4.79 Å². The van der Waals surface area contributed by atoms with Gasteiger partial charge in [0.1, 0.15) is 0 Å². The monoisotopic (exact) mass is 224 g/mol. The Morgan fingerprint density at radius 3 is 2.88 bits per heavy atom. The summed E-state index contributed by atoms with van der Waals surface area (Å²) in [7, 11) is 0. The second-order valence-electron chi connectivity index (χ2n) is 5.29. The molecule has 16 heavy (non-hydrogen) atoms. The lowest BCUT2D eigenvalue weighted by Gasteiger charge is -2.47. The molecule has 2 aliphatic heterocycles. The molecule has 1 amide bonds. The fourth-order valence-electron chi connectivity index (χ4n) is 3.06. The van der Waals surface area contributed by atoms with Crippen molar-refractivity contribution in [3.05, 3.63) is 0 Å². The Labute approximate surface area is 98.8 Å². The van der Waals surface area contributed by atoms with Gasteiger partial charge in [-0.3, -0.25) is 9.69 Å². The first-order valence-corrected chi connectivity index (χ1v) is 6.76. The summed E-state index contributed by atoms with van der Waals surface area (Å²) in [5.74, 6) is 0.361. The van der Waals surface area contributed by atoms with E-state index < -0.39 is 0 Å². The molecule has 92 valence electrons. The number of carbonyl (C=O) groups is 1. The van der Waals surface area contributed by atoms with E-state index in [1.807, 2.05) is 0 Å². The van der Waals surface area contributed by atoms with Crippen LogP contribution in [-0.4, -0.2) is 47.4 Å². The van der Waals surface area contributed by atoms with E-state index in [0.29, 0.717) is 18.0 Å². The highest BCUT2D eigenvalue weighted by Gasteiger charge is 2.34. The first-order valence-electron chi connectivity index (χ1n) is 6.76. The number of rotatable bonds is 2. The zero-order chi connectivity index (χ0) is 11.5. The van der Waals surface area contributed by atoms with Gasteiger partial charge in [0.05, 0.1) is 0 Å². The third-order valence-electron chi connectivity index (χ3n) is 3.97. The Morgan fingerprint density at radius 1 is 1.31 bits per heavy atom. The number of carbonyl (C=O) groups excluding carboxylic acids is 1. The number of hydrogen-bond donors (Lipinski definition) is 0. The molecule has 2 saturated heterocycles. The molecular formula is C13H24N2O. The summed E-state index contributed by atoms with van der Waals surface area (Å²) in [5, 5.41) is 0. The minimum absolute atomic E-state index is 0.361. The minimum atomic E-state index is 0.361. The van der Waals surface area contributed by atoms with Gasteiger partial charge < -0.3 is 4.90 Å². The Kier molecular flexibility index (Phi) is 3.85. The minimum Gasteiger partial charge on any atom is -0.337 e. The van der Waals surface area contributed by atoms with Crippen LogP contribution in [0.25, 0.3) is 0 Å². The zero-order valence-electron chi connectivity index (χ0n) is 10.6. The standard InChI is InChI=1S/C13H24N2O/c1-3-6-13(16)15-10-12-7-4-5-8-14(12)9-11(15)2/h11-12H,3-10H2,1-2H3. The number of piperazine rings is 1. The zero-order valence-corrected chi connectivity index (χ0v) is 10.6. The molecule has 2 rings (SSSR count). The molecule has 3 nitrogen and oxygen atoms in total. The second-order valence-corrected chi connectivity index (χ2v) is 5.29. The van der Waals surface area contributed by atoms with Gasteiger partial charge in [0, 0.05) is 31.6 Å². The number of hydrogen-bond acceptors (Lipinski definition) is 2. The van der Waals surface area contributed by atoms with Crippen LogP contribution in [0, 0.1) is 0 Å². The van der Waals surface area contributed by atoms with Gasteiger partial charge in [-0.05, 0) is 32.7 Å². The molecule has 2 unspecified atom stereocenters. The normalized spacial score (nSPS) is 31.2. The topological polar surface area (TPSA) is 23.6 Å². The van der Waals surface area contributed by atoms with Crippen LogP contribution in [-0.2, 0) is 4.79 Å². The van der Waals surface area contributed by atoms with Crippen LogP contribution in [0.4, 0.5) is 0 Å². The summed E-state index contributed by atoms with van der Waals surface area (Å²) in [5.41, 5.74) is 0. The van der Waals surface area contributed by atoms with Crippen LogP contribution in [0.5, 0.6) is 0 Å². The average Bonchev–Trinajstić information content (AvgIpc) is 2.28. The Balaban J connectivity index is 1.97. The molecule has 0 spiro atoms. The first-order chi connectivity index (χ1) is 7.72. The van der Waals surface area contributed by atoms with Crippen molar-refractivity contribution in [1.82, 2.24) is 9.80 Å². The van der Waals surface area contributed by atoms with Gasteiger partial charge in [-0.2, -0.15) is 0 Å². The highest BCUT2D eigenvalue weighted by Crippen LogP contribution is 2.24. The van der Waals surface area contributed by atoms with Crippen molar-refractivity contribution in [2.45, 2.75) is 58.0 Å². The van der Waals surface area contributed by atoms with E-state index in [2.05, 4.69) is 23.6 Å². The third kappa shape index (κ3) is 2.40. The smallest absolute Gasteiger partial charge is 0.222 e. The van der Waals surface area contributed by atoms with Gasteiger partial charge in [0.2, 0.25) is 5.91 Å². The van der Waals surface area contributed by atoms with Crippen LogP contribution in [0.2, 0.25) is 0 Å². The summed E-state index contributed by atoms with van der Waals surface area (Å²) < 4.78 is 0. The SMILES string of the molecule is CCCC(=O)N1CC2CCCCN2CC1C. The van der Waals surface area contributed by atoms with Gasteiger partial charge >= 0.3 is 0 Å². The van der Waals surface area contributed by atoms with Crippen molar-refractivity contribution in [3.8, 4) is 0 Å². The van der Waals surface area contributed by atoms with E-state index in [4.69, 9.17) is 0 Å². The second kappa shape index (κ2) is 5.17. The van der Waals surface area contributed by atoms with Crippen LogP contribution in [0.1, 0.15) is 46.0 Å². The average molecular weight is 224 g/mol. The molecule has 2 fully saturated rings. The van der Waals surface area contributed by atoms with Crippen LogP contribution < -0.4 is 0 Å². The number of piperidine rings is 1. The van der Waals surface area contributed by atoms with Gasteiger partial charge in [0.25, 0.3) is 0 Å². The van der Waals surface area contributed by atoms with Crippen molar-refractivity contribution in [3.63, 3.8) is 0 Å². The maximum absolute atomic E-state index is 12.0. The largest absolute Gasteiger partial charge is 0.337 e. The fourth-order valence-corrected chi connectivity index (χ4v) is 3.06. The van der Waals surface area contributed by atoms with Crippen LogP contribution in [0.3, 0.4) is 0 Å². The van der Waals surface area contributed by atoms with Gasteiger partial charge in [-0.25, -0.2) is 0 Å². The van der Waals surface area contributed by atoms with E-state index in [0.717, 1.165) is 25.9 Å². The Bertz CT molecular complexity index is 254. The molecule has 2 aliphatic rings. The van der Waals surface area contributed by atoms with E-state index in [1.54, 1.807) is 0 Å². The number of nitrogens with zero attached hydrogens (tertiary/aromatic N) is 2. The Hall–Kier alpha value is -0.570. The molecule has 3 heteroatoms. The Morgan fingerprint density at radius 2 is 2.12 bits per heavy atom. The van der Waals surface area contributed by atoms with Gasteiger partial charge in [0.15, 0.2) is 0 Å². The number of amides is 1. The number of fused-ring (bicyclic) bond motifs is 1. The van der Waals surface area contributed by atoms with Crippen molar-refractivity contribution in [2.24, 2.45) is 0 Å². The van der Waals surface area contributed by atoms with E-state index in [-0.39, 0.29) is 0 Å². The molecular weight excluding hydrogens is 200 g/mol. The van der Waals surface area contributed by atoms with E-state index in [1.165, 1.54) is 25.8 Å². The van der Waals surface area contributed by atoms with E-state index in [9.17, 15) is 4.79 Å². The summed E-state index contributed by atoms with van der Waals surface area (Å²) in [4.78, 5) is 16.7. The highest BCUT2D eigenvalue weighted by molar-refractivity contribution is 5.76. The lowest BCUT2D eigenvalue weighted by molar-refractivity contribution is -0.138. The van der Waals surface area contributed by atoms with Crippen molar-refractivity contribution >= 4 is 5.91 Å². The van der Waals surface area contributed by atoms with Crippen molar-refractivity contribution in [2.75, 3.05) is 19.6 Å². The molecule has 0 aromatic rings. The molecule has 0 aliphatic carbocycles. The molecule has 0 saturated carbocycles. The molecule has 2 atom stereocenters. The van der Waals surface area contributed by atoms with Crippen LogP contribution >= 0.6 is 0 Å². The molecule has 2 heterocycles. The quantitative estimate of drug-likeness (QED) is 0.715. The fraction of sp³-hybridized carbons (Fsp3) is 0.923. The molecule has 0 bridgehead atoms.